The monoisotopic (exact) mass is 373 g/mol. The Morgan fingerprint density at radius 2 is 2.15 bits per heavy atom. The molecule has 7 nitrogen and oxygen atoms in total. The van der Waals surface area contributed by atoms with Crippen LogP contribution in [0.4, 0.5) is 14.9 Å². The number of hydrogen-bond donors (Lipinski definition) is 2. The highest BCUT2D eigenvalue weighted by Gasteiger charge is 2.25. The normalized spacial score (nSPS) is 13.3. The average Bonchev–Trinajstić information content (AvgIpc) is 3.10. The molecule has 0 aliphatic carbocycles. The standard InChI is InChI=1S/C19H20FN3O4/c1-26-17-6-5-13(12-27-15-4-2-3-14(20)10-15)9-16(17)22-11-18(24)23-8-7-21-19(23)25/h2-6,9-10,22H,7-8,11-12H2,1H3,(H,21,25). The van der Waals surface area contributed by atoms with Crippen LogP contribution < -0.4 is 20.1 Å². The molecule has 0 bridgehead atoms. The van der Waals surface area contributed by atoms with E-state index in [2.05, 4.69) is 10.6 Å². The minimum absolute atomic E-state index is 0.0437. The molecule has 0 saturated carbocycles. The zero-order valence-corrected chi connectivity index (χ0v) is 14.8. The third-order valence-corrected chi connectivity index (χ3v) is 4.05. The average molecular weight is 373 g/mol. The molecule has 142 valence electrons. The number of rotatable bonds is 7. The highest BCUT2D eigenvalue weighted by atomic mass is 19.1. The van der Waals surface area contributed by atoms with Crippen molar-refractivity contribution in [2.75, 3.05) is 32.1 Å². The number of ether oxygens (including phenoxy) is 2. The number of carbonyl (C=O) groups excluding carboxylic acids is 2. The first-order chi connectivity index (χ1) is 13.1. The van der Waals surface area contributed by atoms with Crippen LogP contribution in [0.15, 0.2) is 42.5 Å². The molecule has 27 heavy (non-hydrogen) atoms. The lowest BCUT2D eigenvalue weighted by molar-refractivity contribution is -0.125. The van der Waals surface area contributed by atoms with Crippen molar-refractivity contribution in [1.29, 1.82) is 0 Å². The third kappa shape index (κ3) is 4.66. The van der Waals surface area contributed by atoms with Gasteiger partial charge in [0.15, 0.2) is 0 Å². The second-order valence-electron chi connectivity index (χ2n) is 5.91. The summed E-state index contributed by atoms with van der Waals surface area (Å²) in [4.78, 5) is 24.9. The van der Waals surface area contributed by atoms with Crippen LogP contribution in [0.3, 0.4) is 0 Å². The topological polar surface area (TPSA) is 79.9 Å². The van der Waals surface area contributed by atoms with E-state index < -0.39 is 0 Å². The van der Waals surface area contributed by atoms with Crippen LogP contribution in [0.5, 0.6) is 11.5 Å². The SMILES string of the molecule is COc1ccc(COc2cccc(F)c2)cc1NCC(=O)N1CCNC1=O. The summed E-state index contributed by atoms with van der Waals surface area (Å²) >= 11 is 0. The van der Waals surface area contributed by atoms with E-state index in [4.69, 9.17) is 9.47 Å². The van der Waals surface area contributed by atoms with Crippen LogP contribution in [0.25, 0.3) is 0 Å². The van der Waals surface area contributed by atoms with Gasteiger partial charge < -0.3 is 20.1 Å². The lowest BCUT2D eigenvalue weighted by Crippen LogP contribution is -2.38. The predicted octanol–water partition coefficient (Wildman–Crippen LogP) is 2.38. The van der Waals surface area contributed by atoms with Gasteiger partial charge in [-0.2, -0.15) is 0 Å². The summed E-state index contributed by atoms with van der Waals surface area (Å²) in [5.41, 5.74) is 1.42. The molecule has 0 radical (unpaired) electrons. The van der Waals surface area contributed by atoms with E-state index in [1.54, 1.807) is 24.3 Å². The van der Waals surface area contributed by atoms with Crippen LogP contribution in [-0.4, -0.2) is 43.6 Å². The van der Waals surface area contributed by atoms with E-state index in [0.29, 0.717) is 30.3 Å². The van der Waals surface area contributed by atoms with Gasteiger partial charge in [0.05, 0.1) is 19.3 Å². The van der Waals surface area contributed by atoms with E-state index in [-0.39, 0.29) is 30.9 Å². The minimum Gasteiger partial charge on any atom is -0.495 e. The van der Waals surface area contributed by atoms with Crippen molar-refractivity contribution in [2.24, 2.45) is 0 Å². The number of hydrogen-bond acceptors (Lipinski definition) is 5. The maximum Gasteiger partial charge on any atom is 0.324 e. The molecule has 1 heterocycles. The van der Waals surface area contributed by atoms with Gasteiger partial charge in [-0.1, -0.05) is 12.1 Å². The summed E-state index contributed by atoms with van der Waals surface area (Å²) in [5, 5.41) is 5.58. The van der Waals surface area contributed by atoms with Crippen LogP contribution >= 0.6 is 0 Å². The Labute approximate surface area is 156 Å². The number of carbonyl (C=O) groups is 2. The second kappa shape index (κ2) is 8.39. The molecule has 2 N–H and O–H groups in total. The van der Waals surface area contributed by atoms with Gasteiger partial charge >= 0.3 is 6.03 Å². The maximum absolute atomic E-state index is 13.2. The number of nitrogens with zero attached hydrogens (tertiary/aromatic N) is 1. The van der Waals surface area contributed by atoms with Gasteiger partial charge in [-0.25, -0.2) is 9.18 Å². The minimum atomic E-state index is -0.383. The summed E-state index contributed by atoms with van der Waals surface area (Å²) in [5.74, 6) is 0.293. The van der Waals surface area contributed by atoms with Gasteiger partial charge in [0, 0.05) is 19.2 Å². The van der Waals surface area contributed by atoms with Crippen LogP contribution in [0.1, 0.15) is 5.56 Å². The Bertz CT molecular complexity index is 843. The van der Waals surface area contributed by atoms with Crippen molar-refractivity contribution < 1.29 is 23.5 Å². The Balaban J connectivity index is 1.64. The largest absolute Gasteiger partial charge is 0.495 e. The molecule has 1 aliphatic heterocycles. The summed E-state index contributed by atoms with van der Waals surface area (Å²) in [6.07, 6.45) is 0. The number of methoxy groups -OCH3 is 1. The van der Waals surface area contributed by atoms with E-state index in [1.165, 1.54) is 19.2 Å². The fraction of sp³-hybridized carbons (Fsp3) is 0.263. The lowest BCUT2D eigenvalue weighted by Gasteiger charge is -2.16. The lowest BCUT2D eigenvalue weighted by atomic mass is 10.2. The highest BCUT2D eigenvalue weighted by Crippen LogP contribution is 2.26. The molecule has 3 rings (SSSR count). The molecule has 2 aromatic rings. The van der Waals surface area contributed by atoms with Crippen LogP contribution in [0.2, 0.25) is 0 Å². The van der Waals surface area contributed by atoms with E-state index in [1.807, 2.05) is 6.07 Å². The van der Waals surface area contributed by atoms with Gasteiger partial charge in [0.25, 0.3) is 0 Å². The molecule has 1 saturated heterocycles. The highest BCUT2D eigenvalue weighted by molar-refractivity contribution is 5.97. The summed E-state index contributed by atoms with van der Waals surface area (Å²) in [6.45, 7) is 1.00. The summed E-state index contributed by atoms with van der Waals surface area (Å²) in [7, 11) is 1.53. The Kier molecular flexibility index (Phi) is 5.75. The quantitative estimate of drug-likeness (QED) is 0.779. The van der Waals surface area contributed by atoms with E-state index >= 15 is 0 Å². The number of urea groups is 1. The molecule has 0 aromatic heterocycles. The molecule has 0 spiro atoms. The number of anilines is 1. The third-order valence-electron chi connectivity index (χ3n) is 4.05. The summed E-state index contributed by atoms with van der Waals surface area (Å²) < 4.78 is 24.1. The van der Waals surface area contributed by atoms with Crippen molar-refractivity contribution in [1.82, 2.24) is 10.2 Å². The molecular weight excluding hydrogens is 353 g/mol. The number of nitrogens with one attached hydrogen (secondary N) is 2. The van der Waals surface area contributed by atoms with Crippen molar-refractivity contribution in [3.05, 3.63) is 53.8 Å². The number of benzene rings is 2. The zero-order chi connectivity index (χ0) is 19.2. The molecule has 3 amide bonds. The van der Waals surface area contributed by atoms with Gasteiger partial charge in [-0.15, -0.1) is 0 Å². The Morgan fingerprint density at radius 3 is 2.85 bits per heavy atom. The first-order valence-corrected chi connectivity index (χ1v) is 8.44. The predicted molar refractivity (Wildman–Crippen MR) is 97.3 cm³/mol. The molecule has 2 aromatic carbocycles. The van der Waals surface area contributed by atoms with Crippen molar-refractivity contribution in [2.45, 2.75) is 6.61 Å². The van der Waals surface area contributed by atoms with Crippen LogP contribution in [-0.2, 0) is 11.4 Å². The molecule has 0 atom stereocenters. The van der Waals surface area contributed by atoms with Gasteiger partial charge in [0.2, 0.25) is 5.91 Å². The Morgan fingerprint density at radius 1 is 1.30 bits per heavy atom. The molecule has 1 fully saturated rings. The van der Waals surface area contributed by atoms with Crippen molar-refractivity contribution in [3.8, 4) is 11.5 Å². The maximum atomic E-state index is 13.2. The van der Waals surface area contributed by atoms with Crippen molar-refractivity contribution in [3.63, 3.8) is 0 Å². The number of imide groups is 1. The second-order valence-corrected chi connectivity index (χ2v) is 5.91. The van der Waals surface area contributed by atoms with Gasteiger partial charge in [-0.3, -0.25) is 9.69 Å². The van der Waals surface area contributed by atoms with E-state index in [9.17, 15) is 14.0 Å². The zero-order valence-electron chi connectivity index (χ0n) is 14.8. The van der Waals surface area contributed by atoms with Gasteiger partial charge in [0.1, 0.15) is 23.9 Å². The van der Waals surface area contributed by atoms with Crippen LogP contribution in [0, 0.1) is 5.82 Å². The first-order valence-electron chi connectivity index (χ1n) is 8.44. The smallest absolute Gasteiger partial charge is 0.324 e. The Hall–Kier alpha value is -3.29. The summed E-state index contributed by atoms with van der Waals surface area (Å²) in [6, 6.07) is 10.9. The van der Waals surface area contributed by atoms with Crippen molar-refractivity contribution >= 4 is 17.6 Å². The molecule has 8 heteroatoms. The van der Waals surface area contributed by atoms with Gasteiger partial charge in [-0.05, 0) is 29.8 Å². The van der Waals surface area contributed by atoms with E-state index in [0.717, 1.165) is 10.5 Å². The number of halogens is 1. The fourth-order valence-electron chi connectivity index (χ4n) is 2.68. The molecule has 1 aliphatic rings. The number of amides is 3. The molecule has 0 unspecified atom stereocenters. The fourth-order valence-corrected chi connectivity index (χ4v) is 2.68. The first kappa shape index (κ1) is 18.5. The molecular formula is C19H20FN3O4.